The van der Waals surface area contributed by atoms with E-state index in [0.29, 0.717) is 4.67 Å². The Morgan fingerprint density at radius 2 is 1.96 bits per heavy atom. The van der Waals surface area contributed by atoms with E-state index >= 15 is 0 Å². The Hall–Kier alpha value is -1.67. The lowest BCUT2D eigenvalue weighted by atomic mass is 10.1. The summed E-state index contributed by atoms with van der Waals surface area (Å²) in [5, 5.41) is -0.945. The molecule has 0 aliphatic carbocycles. The quantitative estimate of drug-likeness (QED) is 0.755. The summed E-state index contributed by atoms with van der Waals surface area (Å²) >= 11 is 3.13. The van der Waals surface area contributed by atoms with Crippen LogP contribution < -0.4 is 0 Å². The number of nitrogens with zero attached hydrogens (tertiary/aromatic N) is 1. The van der Waals surface area contributed by atoms with E-state index < -0.39 is 20.9 Å². The summed E-state index contributed by atoms with van der Waals surface area (Å²) in [7, 11) is -3.55. The standard InChI is InChI=1S/C16H15BrFNO4S/c17-15-6-5-13(23-15)16(20)19-8-7-14(24(21,22)10-9-19)11-3-1-2-4-12(11)18/h1-6,14H,7-10H2. The molecule has 0 spiro atoms. The van der Waals surface area contributed by atoms with Crippen LogP contribution in [-0.2, 0) is 9.84 Å². The maximum atomic E-state index is 14.0. The smallest absolute Gasteiger partial charge is 0.289 e. The van der Waals surface area contributed by atoms with Gasteiger partial charge in [0, 0.05) is 18.7 Å². The molecule has 128 valence electrons. The number of benzene rings is 1. The second-order valence-electron chi connectivity index (χ2n) is 5.56. The van der Waals surface area contributed by atoms with Crippen molar-refractivity contribution in [1.82, 2.24) is 4.90 Å². The second-order valence-corrected chi connectivity index (χ2v) is 8.65. The number of halogens is 2. The van der Waals surface area contributed by atoms with E-state index in [4.69, 9.17) is 4.42 Å². The number of furan rings is 1. The molecule has 1 aromatic heterocycles. The average Bonchev–Trinajstić information content (AvgIpc) is 2.90. The van der Waals surface area contributed by atoms with Gasteiger partial charge in [0.05, 0.1) is 11.0 Å². The first kappa shape index (κ1) is 17.2. The molecule has 1 aromatic carbocycles. The van der Waals surface area contributed by atoms with Gasteiger partial charge in [0.1, 0.15) is 5.82 Å². The van der Waals surface area contributed by atoms with Gasteiger partial charge in [0.2, 0.25) is 0 Å². The number of hydrogen-bond acceptors (Lipinski definition) is 4. The van der Waals surface area contributed by atoms with Gasteiger partial charge in [-0.3, -0.25) is 4.79 Å². The summed E-state index contributed by atoms with van der Waals surface area (Å²) in [6, 6.07) is 9.00. The zero-order chi connectivity index (χ0) is 17.3. The lowest BCUT2D eigenvalue weighted by Crippen LogP contribution is -2.33. The van der Waals surface area contributed by atoms with Crippen LogP contribution in [0.2, 0.25) is 0 Å². The SMILES string of the molecule is O=C(c1ccc(Br)o1)N1CCC(c2ccccc2F)S(=O)(=O)CC1. The lowest BCUT2D eigenvalue weighted by molar-refractivity contribution is 0.0733. The monoisotopic (exact) mass is 415 g/mol. The highest BCUT2D eigenvalue weighted by molar-refractivity contribution is 9.10. The van der Waals surface area contributed by atoms with E-state index in [2.05, 4.69) is 15.9 Å². The van der Waals surface area contributed by atoms with Crippen molar-refractivity contribution in [2.75, 3.05) is 18.8 Å². The fourth-order valence-electron chi connectivity index (χ4n) is 2.82. The van der Waals surface area contributed by atoms with Crippen molar-refractivity contribution in [3.05, 3.63) is 58.2 Å². The molecule has 8 heteroatoms. The molecule has 3 rings (SSSR count). The van der Waals surface area contributed by atoms with Gasteiger partial charge in [-0.2, -0.15) is 0 Å². The van der Waals surface area contributed by atoms with Gasteiger partial charge in [-0.05, 0) is 40.5 Å². The van der Waals surface area contributed by atoms with E-state index in [1.165, 1.54) is 29.2 Å². The van der Waals surface area contributed by atoms with Crippen LogP contribution >= 0.6 is 15.9 Å². The fraction of sp³-hybridized carbons (Fsp3) is 0.312. The van der Waals surface area contributed by atoms with Crippen LogP contribution in [0.5, 0.6) is 0 Å². The fourth-order valence-corrected chi connectivity index (χ4v) is 4.93. The Balaban J connectivity index is 1.85. The van der Waals surface area contributed by atoms with Crippen LogP contribution in [0.4, 0.5) is 4.39 Å². The molecule has 1 unspecified atom stereocenters. The summed E-state index contributed by atoms with van der Waals surface area (Å²) in [4.78, 5) is 13.9. The number of carbonyl (C=O) groups is 1. The topological polar surface area (TPSA) is 67.6 Å². The molecular weight excluding hydrogens is 401 g/mol. The molecule has 24 heavy (non-hydrogen) atoms. The molecule has 0 N–H and O–H groups in total. The van der Waals surface area contributed by atoms with Gasteiger partial charge in [-0.1, -0.05) is 18.2 Å². The Labute approximate surface area is 147 Å². The van der Waals surface area contributed by atoms with Crippen LogP contribution in [0.1, 0.15) is 27.8 Å². The molecular formula is C16H15BrFNO4S. The zero-order valence-corrected chi connectivity index (χ0v) is 15.0. The van der Waals surface area contributed by atoms with Gasteiger partial charge in [0.15, 0.2) is 20.3 Å². The summed E-state index contributed by atoms with van der Waals surface area (Å²) in [5.41, 5.74) is 0.160. The Morgan fingerprint density at radius 1 is 1.21 bits per heavy atom. The van der Waals surface area contributed by atoms with Gasteiger partial charge < -0.3 is 9.32 Å². The lowest BCUT2D eigenvalue weighted by Gasteiger charge is -2.18. The van der Waals surface area contributed by atoms with E-state index in [-0.39, 0.29) is 42.5 Å². The van der Waals surface area contributed by atoms with Crippen molar-refractivity contribution < 1.29 is 22.0 Å². The average molecular weight is 416 g/mol. The Kier molecular flexibility index (Phi) is 4.78. The Morgan fingerprint density at radius 3 is 2.62 bits per heavy atom. The summed E-state index contributed by atoms with van der Waals surface area (Å²) in [6.45, 7) is 0.278. The van der Waals surface area contributed by atoms with Crippen molar-refractivity contribution >= 4 is 31.7 Å². The molecule has 1 atom stereocenters. The Bertz CT molecular complexity index is 864. The molecule has 1 saturated heterocycles. The highest BCUT2D eigenvalue weighted by Crippen LogP contribution is 2.31. The molecule has 1 fully saturated rings. The number of sulfone groups is 1. The number of hydrogen-bond donors (Lipinski definition) is 0. The van der Waals surface area contributed by atoms with Crippen molar-refractivity contribution in [1.29, 1.82) is 0 Å². The van der Waals surface area contributed by atoms with Gasteiger partial charge in [0.25, 0.3) is 5.91 Å². The molecule has 1 aliphatic heterocycles. The molecule has 0 saturated carbocycles. The van der Waals surface area contributed by atoms with Crippen molar-refractivity contribution in [2.24, 2.45) is 0 Å². The van der Waals surface area contributed by atoms with Gasteiger partial charge in [-0.15, -0.1) is 0 Å². The molecule has 2 heterocycles. The summed E-state index contributed by atoms with van der Waals surface area (Å²) in [5.74, 6) is -0.978. The molecule has 5 nitrogen and oxygen atoms in total. The minimum absolute atomic E-state index is 0.0600. The summed E-state index contributed by atoms with van der Waals surface area (Å²) < 4.78 is 44.7. The van der Waals surface area contributed by atoms with Gasteiger partial charge >= 0.3 is 0 Å². The van der Waals surface area contributed by atoms with Crippen LogP contribution in [-0.4, -0.2) is 38.1 Å². The molecule has 0 radical (unpaired) electrons. The third-order valence-electron chi connectivity index (χ3n) is 4.06. The van der Waals surface area contributed by atoms with Crippen LogP contribution in [0, 0.1) is 5.82 Å². The maximum Gasteiger partial charge on any atom is 0.289 e. The van der Waals surface area contributed by atoms with E-state index in [1.54, 1.807) is 12.1 Å². The van der Waals surface area contributed by atoms with E-state index in [0.717, 1.165) is 0 Å². The molecule has 0 bridgehead atoms. The van der Waals surface area contributed by atoms with Crippen molar-refractivity contribution in [3.8, 4) is 0 Å². The highest BCUT2D eigenvalue weighted by atomic mass is 79.9. The predicted octanol–water partition coefficient (Wildman–Crippen LogP) is 3.18. The van der Waals surface area contributed by atoms with Crippen LogP contribution in [0.25, 0.3) is 0 Å². The maximum absolute atomic E-state index is 14.0. The third-order valence-corrected chi connectivity index (χ3v) is 6.60. The van der Waals surface area contributed by atoms with Crippen LogP contribution in [0.15, 0.2) is 45.5 Å². The molecule has 2 aromatic rings. The minimum Gasteiger partial charge on any atom is -0.444 e. The molecule has 1 aliphatic rings. The predicted molar refractivity (Wildman–Crippen MR) is 89.9 cm³/mol. The normalized spacial score (nSPS) is 20.6. The van der Waals surface area contributed by atoms with Crippen molar-refractivity contribution in [2.45, 2.75) is 11.7 Å². The highest BCUT2D eigenvalue weighted by Gasteiger charge is 2.34. The first-order chi connectivity index (χ1) is 11.4. The van der Waals surface area contributed by atoms with E-state index in [9.17, 15) is 17.6 Å². The van der Waals surface area contributed by atoms with Gasteiger partial charge in [-0.25, -0.2) is 12.8 Å². The van der Waals surface area contributed by atoms with E-state index in [1.807, 2.05) is 0 Å². The number of rotatable bonds is 2. The van der Waals surface area contributed by atoms with Crippen LogP contribution in [0.3, 0.4) is 0 Å². The second kappa shape index (κ2) is 6.68. The molecule has 1 amide bonds. The minimum atomic E-state index is -3.55. The third kappa shape index (κ3) is 3.39. The first-order valence-electron chi connectivity index (χ1n) is 7.39. The largest absolute Gasteiger partial charge is 0.444 e. The number of amides is 1. The number of carbonyl (C=O) groups excluding carboxylic acids is 1. The summed E-state index contributed by atoms with van der Waals surface area (Å²) in [6.07, 6.45) is 0.150. The van der Waals surface area contributed by atoms with Crippen molar-refractivity contribution in [3.63, 3.8) is 0 Å². The first-order valence-corrected chi connectivity index (χ1v) is 9.90. The zero-order valence-electron chi connectivity index (χ0n) is 12.6.